The van der Waals surface area contributed by atoms with Gasteiger partial charge in [0.2, 0.25) is 0 Å². The van der Waals surface area contributed by atoms with Crippen molar-refractivity contribution in [1.29, 1.82) is 0 Å². The molecule has 2 N–H and O–H groups in total. The number of nitrogens with one attached hydrogen (secondary N) is 2. The number of aromatic nitrogens is 3. The van der Waals surface area contributed by atoms with Crippen molar-refractivity contribution in [3.05, 3.63) is 53.6 Å². The first-order chi connectivity index (χ1) is 12.7. The number of fused-ring (bicyclic) bond motifs is 1. The average molecular weight is 368 g/mol. The van der Waals surface area contributed by atoms with Gasteiger partial charge in [-0.3, -0.25) is 5.43 Å². The van der Waals surface area contributed by atoms with E-state index in [2.05, 4.69) is 26.2 Å². The lowest BCUT2D eigenvalue weighted by Gasteiger charge is -2.10. The first-order valence-electron chi connectivity index (χ1n) is 8.23. The van der Waals surface area contributed by atoms with Gasteiger partial charge in [0.05, 0.1) is 25.4 Å². The molecule has 7 nitrogen and oxygen atoms in total. The fraction of sp³-hybridized carbons (Fsp3) is 0.222. The van der Waals surface area contributed by atoms with Crippen molar-refractivity contribution in [3.8, 4) is 5.75 Å². The molecule has 0 atom stereocenters. The number of hydrazone groups is 1. The van der Waals surface area contributed by atoms with Gasteiger partial charge < -0.3 is 10.1 Å². The molecule has 0 spiro atoms. The van der Waals surface area contributed by atoms with E-state index in [9.17, 15) is 0 Å². The highest BCUT2D eigenvalue weighted by atomic mass is 32.1. The molecule has 8 heteroatoms. The van der Waals surface area contributed by atoms with Crippen LogP contribution < -0.4 is 15.5 Å². The number of benzene rings is 2. The van der Waals surface area contributed by atoms with Crippen LogP contribution in [0.5, 0.6) is 5.75 Å². The topological polar surface area (TPSA) is 76.4 Å². The summed E-state index contributed by atoms with van der Waals surface area (Å²) >= 11 is 5.08. The van der Waals surface area contributed by atoms with Crippen LogP contribution in [0.4, 0.5) is 0 Å². The van der Waals surface area contributed by atoms with Gasteiger partial charge in [0.25, 0.3) is 0 Å². The molecular weight excluding hydrogens is 348 g/mol. The van der Waals surface area contributed by atoms with E-state index in [1.165, 1.54) is 0 Å². The highest BCUT2D eigenvalue weighted by Gasteiger charge is 2.09. The van der Waals surface area contributed by atoms with Crippen molar-refractivity contribution in [3.63, 3.8) is 0 Å². The Labute approximate surface area is 157 Å². The Kier molecular flexibility index (Phi) is 5.75. The summed E-state index contributed by atoms with van der Waals surface area (Å²) in [5.74, 6) is 0.790. The number of hydrogen-bond acceptors (Lipinski definition) is 5. The smallest absolute Gasteiger partial charge is 0.186 e. The molecule has 0 saturated heterocycles. The Balaban J connectivity index is 1.81. The number of nitrogens with zero attached hydrogens (tertiary/aromatic N) is 4. The second kappa shape index (κ2) is 8.39. The van der Waals surface area contributed by atoms with E-state index in [0.717, 1.165) is 34.5 Å². The summed E-state index contributed by atoms with van der Waals surface area (Å²) in [7, 11) is 1.66. The molecule has 1 aromatic heterocycles. The van der Waals surface area contributed by atoms with Crippen LogP contribution in [0, 0.1) is 0 Å². The zero-order chi connectivity index (χ0) is 18.4. The molecule has 1 heterocycles. The second-order valence-electron chi connectivity index (χ2n) is 5.54. The first-order valence-corrected chi connectivity index (χ1v) is 8.64. The van der Waals surface area contributed by atoms with E-state index >= 15 is 0 Å². The summed E-state index contributed by atoms with van der Waals surface area (Å²) in [5.41, 5.74) is 6.54. The fourth-order valence-electron chi connectivity index (χ4n) is 2.56. The highest BCUT2D eigenvalue weighted by molar-refractivity contribution is 7.80. The van der Waals surface area contributed by atoms with Crippen LogP contribution in [0.15, 0.2) is 47.6 Å². The molecule has 3 aromatic rings. The molecule has 134 valence electrons. The normalized spacial score (nSPS) is 11.0. The lowest BCUT2D eigenvalue weighted by Crippen LogP contribution is -2.31. The van der Waals surface area contributed by atoms with E-state index in [0.29, 0.717) is 11.7 Å². The van der Waals surface area contributed by atoms with Crippen molar-refractivity contribution in [1.82, 2.24) is 25.7 Å². The van der Waals surface area contributed by atoms with Crippen molar-refractivity contribution < 1.29 is 4.74 Å². The third-order valence-electron chi connectivity index (χ3n) is 3.76. The van der Waals surface area contributed by atoms with Gasteiger partial charge in [-0.2, -0.15) is 5.10 Å². The number of methoxy groups -OCH3 is 1. The zero-order valence-electron chi connectivity index (χ0n) is 14.6. The van der Waals surface area contributed by atoms with E-state index in [-0.39, 0.29) is 0 Å². The van der Waals surface area contributed by atoms with Crippen LogP contribution in [-0.2, 0) is 6.54 Å². The van der Waals surface area contributed by atoms with Crippen LogP contribution in [0.2, 0.25) is 0 Å². The molecule has 0 radical (unpaired) electrons. The quantitative estimate of drug-likeness (QED) is 0.395. The van der Waals surface area contributed by atoms with Crippen LogP contribution in [0.25, 0.3) is 11.0 Å². The number of ether oxygens (including phenoxy) is 1. The molecular formula is C18H20N6OS. The summed E-state index contributed by atoms with van der Waals surface area (Å²) < 4.78 is 7.34. The highest BCUT2D eigenvalue weighted by Crippen LogP contribution is 2.22. The maximum atomic E-state index is 5.48. The molecule has 0 saturated carbocycles. The Morgan fingerprint density at radius 1 is 1.31 bits per heavy atom. The molecule has 2 aromatic carbocycles. The number of para-hydroxylation sites is 1. The minimum atomic E-state index is 0.492. The minimum absolute atomic E-state index is 0.492. The van der Waals surface area contributed by atoms with Crippen LogP contribution >= 0.6 is 12.2 Å². The maximum Gasteiger partial charge on any atom is 0.186 e. The maximum absolute atomic E-state index is 5.48. The Morgan fingerprint density at radius 3 is 2.96 bits per heavy atom. The Bertz CT molecular complexity index is 936. The minimum Gasteiger partial charge on any atom is -0.496 e. The molecule has 0 bridgehead atoms. The van der Waals surface area contributed by atoms with Crippen LogP contribution in [0.3, 0.4) is 0 Å². The van der Waals surface area contributed by atoms with Gasteiger partial charge in [0, 0.05) is 12.1 Å². The van der Waals surface area contributed by atoms with Crippen molar-refractivity contribution in [2.75, 3.05) is 13.7 Å². The monoisotopic (exact) mass is 368 g/mol. The van der Waals surface area contributed by atoms with Crippen LogP contribution in [0.1, 0.15) is 18.1 Å². The van der Waals surface area contributed by atoms with E-state index in [1.807, 2.05) is 54.1 Å². The van der Waals surface area contributed by atoms with Crippen molar-refractivity contribution in [2.24, 2.45) is 5.10 Å². The molecule has 0 fully saturated rings. The van der Waals surface area contributed by atoms with Gasteiger partial charge in [0.1, 0.15) is 11.3 Å². The Morgan fingerprint density at radius 2 is 2.15 bits per heavy atom. The standard InChI is InChI=1S/C18H20N6OS/c1-3-19-18(26)22-20-11-13-8-9-17(25-2)14(10-13)12-24-16-7-5-4-6-15(16)21-23-24/h4-11H,3,12H2,1-2H3,(H2,19,22,26)/b20-11-. The van der Waals surface area contributed by atoms with Gasteiger partial charge >= 0.3 is 0 Å². The predicted octanol–water partition coefficient (Wildman–Crippen LogP) is 2.31. The van der Waals surface area contributed by atoms with E-state index < -0.39 is 0 Å². The Hall–Kier alpha value is -3.00. The summed E-state index contributed by atoms with van der Waals surface area (Å²) in [6, 6.07) is 13.7. The first kappa shape index (κ1) is 17.8. The SMILES string of the molecule is CCNC(=S)N/N=C\c1ccc(OC)c(Cn2nnc3ccccc32)c1. The van der Waals surface area contributed by atoms with E-state index in [1.54, 1.807) is 13.3 Å². The lowest BCUT2D eigenvalue weighted by molar-refractivity contribution is 0.407. The van der Waals surface area contributed by atoms with Gasteiger partial charge in [-0.1, -0.05) is 17.3 Å². The average Bonchev–Trinajstić information content (AvgIpc) is 3.05. The van der Waals surface area contributed by atoms with Gasteiger partial charge in [-0.15, -0.1) is 5.10 Å². The lowest BCUT2D eigenvalue weighted by atomic mass is 10.1. The van der Waals surface area contributed by atoms with Gasteiger partial charge in [0.15, 0.2) is 5.11 Å². The van der Waals surface area contributed by atoms with E-state index in [4.69, 9.17) is 17.0 Å². The number of hydrogen-bond donors (Lipinski definition) is 2. The molecule has 0 amide bonds. The number of thiocarbonyl (C=S) groups is 1. The molecule has 26 heavy (non-hydrogen) atoms. The molecule has 0 aliphatic rings. The van der Waals surface area contributed by atoms with Crippen LogP contribution in [-0.4, -0.2) is 40.0 Å². The van der Waals surface area contributed by atoms with Crippen molar-refractivity contribution in [2.45, 2.75) is 13.5 Å². The largest absolute Gasteiger partial charge is 0.496 e. The van der Waals surface area contributed by atoms with Gasteiger partial charge in [-0.05, 0) is 55.0 Å². The summed E-state index contributed by atoms with van der Waals surface area (Å²) in [6.45, 7) is 3.27. The number of rotatable bonds is 6. The molecule has 0 aliphatic carbocycles. The third kappa shape index (κ3) is 4.15. The summed E-state index contributed by atoms with van der Waals surface area (Å²) in [4.78, 5) is 0. The predicted molar refractivity (Wildman–Crippen MR) is 107 cm³/mol. The van der Waals surface area contributed by atoms with Gasteiger partial charge in [-0.25, -0.2) is 4.68 Å². The molecule has 3 rings (SSSR count). The zero-order valence-corrected chi connectivity index (χ0v) is 15.5. The van der Waals surface area contributed by atoms with Crippen molar-refractivity contribution >= 4 is 34.6 Å². The molecule has 0 aliphatic heterocycles. The fourth-order valence-corrected chi connectivity index (χ4v) is 2.76. The second-order valence-corrected chi connectivity index (χ2v) is 5.94. The molecule has 0 unspecified atom stereocenters. The summed E-state index contributed by atoms with van der Waals surface area (Å²) in [6.07, 6.45) is 1.71. The third-order valence-corrected chi connectivity index (χ3v) is 4.00. The summed E-state index contributed by atoms with van der Waals surface area (Å²) in [5, 5.41) is 16.1.